The van der Waals surface area contributed by atoms with Crippen molar-refractivity contribution >= 4 is 22.9 Å². The van der Waals surface area contributed by atoms with Crippen LogP contribution in [0.25, 0.3) is 0 Å². The van der Waals surface area contributed by atoms with Gasteiger partial charge in [0.15, 0.2) is 11.5 Å². The van der Waals surface area contributed by atoms with E-state index < -0.39 is 0 Å². The maximum Gasteiger partial charge on any atom is 0.275 e. The highest BCUT2D eigenvalue weighted by molar-refractivity contribution is 7.09. The molecule has 1 aliphatic rings. The molecule has 0 bridgehead atoms. The number of carbonyl (C=O) groups is 1. The second-order valence-electron chi connectivity index (χ2n) is 5.54. The van der Waals surface area contributed by atoms with Gasteiger partial charge in [-0.2, -0.15) is 0 Å². The van der Waals surface area contributed by atoms with Crippen LogP contribution in [0.1, 0.15) is 15.5 Å². The molecule has 1 amide bonds. The highest BCUT2D eigenvalue weighted by Crippen LogP contribution is 2.30. The predicted octanol–water partition coefficient (Wildman–Crippen LogP) is 2.24. The van der Waals surface area contributed by atoms with Crippen molar-refractivity contribution in [1.82, 2.24) is 9.88 Å². The van der Waals surface area contributed by atoms with E-state index in [0.29, 0.717) is 22.9 Å². The lowest BCUT2D eigenvalue weighted by Gasteiger charge is -2.25. The molecule has 0 unspecified atom stereocenters. The Morgan fingerprint density at radius 3 is 2.76 bits per heavy atom. The summed E-state index contributed by atoms with van der Waals surface area (Å²) in [5, 5.41) is 5.55. The highest BCUT2D eigenvalue weighted by atomic mass is 32.1. The third-order valence-corrected chi connectivity index (χ3v) is 4.72. The molecule has 0 spiro atoms. The number of nitrogens with zero attached hydrogens (tertiary/aromatic N) is 2. The van der Waals surface area contributed by atoms with Gasteiger partial charge in [0.05, 0.1) is 34.0 Å². The Hall–Kier alpha value is -2.16. The zero-order chi connectivity index (χ0) is 17.6. The third kappa shape index (κ3) is 4.47. The summed E-state index contributed by atoms with van der Waals surface area (Å²) < 4.78 is 15.8. The fraction of sp³-hybridized carbons (Fsp3) is 0.412. The Morgan fingerprint density at radius 1 is 1.28 bits per heavy atom. The van der Waals surface area contributed by atoms with E-state index in [2.05, 4.69) is 15.2 Å². The number of anilines is 1. The van der Waals surface area contributed by atoms with Gasteiger partial charge in [0.2, 0.25) is 0 Å². The summed E-state index contributed by atoms with van der Waals surface area (Å²) in [6, 6.07) is 5.23. The average Bonchev–Trinajstić information content (AvgIpc) is 3.11. The zero-order valence-corrected chi connectivity index (χ0v) is 15.1. The van der Waals surface area contributed by atoms with Crippen LogP contribution in [0.15, 0.2) is 23.6 Å². The van der Waals surface area contributed by atoms with E-state index in [-0.39, 0.29) is 5.91 Å². The van der Waals surface area contributed by atoms with Crippen LogP contribution in [0.5, 0.6) is 11.5 Å². The fourth-order valence-corrected chi connectivity index (χ4v) is 3.36. The van der Waals surface area contributed by atoms with Gasteiger partial charge in [-0.1, -0.05) is 0 Å². The molecule has 8 heteroatoms. The topological polar surface area (TPSA) is 72.9 Å². The first-order valence-corrected chi connectivity index (χ1v) is 8.85. The van der Waals surface area contributed by atoms with E-state index in [1.807, 2.05) is 0 Å². The van der Waals surface area contributed by atoms with Crippen molar-refractivity contribution in [3.05, 3.63) is 34.3 Å². The molecule has 3 rings (SSSR count). The van der Waals surface area contributed by atoms with Crippen molar-refractivity contribution in [2.45, 2.75) is 6.54 Å². The number of methoxy groups -OCH3 is 2. The number of ether oxygens (including phenoxy) is 3. The minimum absolute atomic E-state index is 0.239. The summed E-state index contributed by atoms with van der Waals surface area (Å²) in [6.45, 7) is 4.03. The fourth-order valence-electron chi connectivity index (χ4n) is 2.55. The van der Waals surface area contributed by atoms with Crippen LogP contribution < -0.4 is 14.8 Å². The third-order valence-electron chi connectivity index (χ3n) is 3.89. The number of aromatic nitrogens is 1. The van der Waals surface area contributed by atoms with Gasteiger partial charge in [-0.05, 0) is 12.1 Å². The number of amides is 1. The molecule has 2 heterocycles. The largest absolute Gasteiger partial charge is 0.493 e. The molecule has 1 N–H and O–H groups in total. The van der Waals surface area contributed by atoms with Crippen LogP contribution in [-0.4, -0.2) is 56.3 Å². The standard InChI is InChI=1S/C17H21N3O4S/c1-22-14-4-3-12(9-15(14)23-2)18-17(21)13-11-25-16(19-13)10-20-5-7-24-8-6-20/h3-4,9,11H,5-8,10H2,1-2H3,(H,18,21). The summed E-state index contributed by atoms with van der Waals surface area (Å²) in [5.74, 6) is 0.935. The Kier molecular flexibility index (Phi) is 5.85. The molecule has 1 saturated heterocycles. The number of thiazole rings is 1. The average molecular weight is 363 g/mol. The van der Waals surface area contributed by atoms with Crippen molar-refractivity contribution < 1.29 is 19.0 Å². The molecular formula is C17H21N3O4S. The monoisotopic (exact) mass is 363 g/mol. The lowest BCUT2D eigenvalue weighted by atomic mass is 10.2. The first-order valence-electron chi connectivity index (χ1n) is 7.97. The summed E-state index contributed by atoms with van der Waals surface area (Å²) in [6.07, 6.45) is 0. The Bertz CT molecular complexity index is 728. The molecule has 0 aliphatic carbocycles. The van der Waals surface area contributed by atoms with E-state index in [1.165, 1.54) is 11.3 Å². The number of hydrogen-bond donors (Lipinski definition) is 1. The van der Waals surface area contributed by atoms with Gasteiger partial charge in [-0.25, -0.2) is 4.98 Å². The summed E-state index contributed by atoms with van der Waals surface area (Å²) in [7, 11) is 3.13. The quantitative estimate of drug-likeness (QED) is 0.849. The maximum absolute atomic E-state index is 12.4. The summed E-state index contributed by atoms with van der Waals surface area (Å²) >= 11 is 1.50. The second-order valence-corrected chi connectivity index (χ2v) is 6.48. The molecule has 134 valence electrons. The van der Waals surface area contributed by atoms with Gasteiger partial charge in [0, 0.05) is 30.2 Å². The molecule has 7 nitrogen and oxygen atoms in total. The van der Waals surface area contributed by atoms with E-state index in [1.54, 1.807) is 37.8 Å². The maximum atomic E-state index is 12.4. The molecule has 25 heavy (non-hydrogen) atoms. The van der Waals surface area contributed by atoms with Crippen LogP contribution in [0.2, 0.25) is 0 Å². The first-order chi connectivity index (χ1) is 12.2. The molecule has 1 aromatic carbocycles. The van der Waals surface area contributed by atoms with E-state index in [9.17, 15) is 4.79 Å². The molecule has 2 aromatic rings. The van der Waals surface area contributed by atoms with Gasteiger partial charge in [-0.15, -0.1) is 11.3 Å². The minimum Gasteiger partial charge on any atom is -0.493 e. The molecule has 0 saturated carbocycles. The number of carbonyl (C=O) groups excluding carboxylic acids is 1. The van der Waals surface area contributed by atoms with E-state index >= 15 is 0 Å². The van der Waals surface area contributed by atoms with Crippen LogP contribution in [-0.2, 0) is 11.3 Å². The lowest BCUT2D eigenvalue weighted by Crippen LogP contribution is -2.35. The minimum atomic E-state index is -0.239. The number of benzene rings is 1. The van der Waals surface area contributed by atoms with Crippen LogP contribution >= 0.6 is 11.3 Å². The molecular weight excluding hydrogens is 342 g/mol. The van der Waals surface area contributed by atoms with Crippen molar-refractivity contribution in [3.8, 4) is 11.5 Å². The van der Waals surface area contributed by atoms with Crippen LogP contribution in [0.3, 0.4) is 0 Å². The number of rotatable bonds is 6. The van der Waals surface area contributed by atoms with E-state index in [4.69, 9.17) is 14.2 Å². The van der Waals surface area contributed by atoms with Crippen molar-refractivity contribution in [2.24, 2.45) is 0 Å². The summed E-state index contributed by atoms with van der Waals surface area (Å²) in [4.78, 5) is 19.1. The number of hydrogen-bond acceptors (Lipinski definition) is 7. The van der Waals surface area contributed by atoms with Gasteiger partial charge >= 0.3 is 0 Å². The van der Waals surface area contributed by atoms with Crippen molar-refractivity contribution in [2.75, 3.05) is 45.8 Å². The SMILES string of the molecule is COc1ccc(NC(=O)c2csc(CN3CCOCC3)n2)cc1OC. The molecule has 1 aliphatic heterocycles. The Balaban J connectivity index is 1.63. The number of nitrogens with one attached hydrogen (secondary N) is 1. The van der Waals surface area contributed by atoms with Gasteiger partial charge in [0.25, 0.3) is 5.91 Å². The van der Waals surface area contributed by atoms with Crippen LogP contribution in [0.4, 0.5) is 5.69 Å². The smallest absolute Gasteiger partial charge is 0.275 e. The number of morpholine rings is 1. The summed E-state index contributed by atoms with van der Waals surface area (Å²) in [5.41, 5.74) is 1.05. The Labute approximate surface area is 150 Å². The van der Waals surface area contributed by atoms with Gasteiger partial charge in [0.1, 0.15) is 10.7 Å². The lowest BCUT2D eigenvalue weighted by molar-refractivity contribution is 0.0341. The molecule has 0 radical (unpaired) electrons. The van der Waals surface area contributed by atoms with Crippen molar-refractivity contribution in [1.29, 1.82) is 0 Å². The van der Waals surface area contributed by atoms with Gasteiger partial charge < -0.3 is 19.5 Å². The zero-order valence-electron chi connectivity index (χ0n) is 14.3. The highest BCUT2D eigenvalue weighted by Gasteiger charge is 2.16. The first kappa shape index (κ1) is 17.7. The normalized spacial score (nSPS) is 15.0. The van der Waals surface area contributed by atoms with E-state index in [0.717, 1.165) is 37.9 Å². The predicted molar refractivity (Wildman–Crippen MR) is 95.7 cm³/mol. The molecule has 1 aromatic heterocycles. The van der Waals surface area contributed by atoms with Crippen molar-refractivity contribution in [3.63, 3.8) is 0 Å². The molecule has 0 atom stereocenters. The Morgan fingerprint density at radius 2 is 2.04 bits per heavy atom. The van der Waals surface area contributed by atoms with Crippen LogP contribution in [0, 0.1) is 0 Å². The van der Waals surface area contributed by atoms with Gasteiger partial charge in [-0.3, -0.25) is 9.69 Å². The molecule has 1 fully saturated rings. The second kappa shape index (κ2) is 8.28.